The topological polar surface area (TPSA) is 43.6 Å². The van der Waals surface area contributed by atoms with E-state index in [1.54, 1.807) is 40.8 Å². The fourth-order valence-corrected chi connectivity index (χ4v) is 4.42. The Morgan fingerprint density at radius 1 is 1.10 bits per heavy atom. The summed E-state index contributed by atoms with van der Waals surface area (Å²) >= 11 is 7.50. The van der Waals surface area contributed by atoms with Crippen molar-refractivity contribution >= 4 is 45.0 Å². The minimum Gasteiger partial charge on any atom is -0.488 e. The van der Waals surface area contributed by atoms with Crippen molar-refractivity contribution < 1.29 is 9.13 Å². The first-order valence-electron chi connectivity index (χ1n) is 9.17. The lowest BCUT2D eigenvalue weighted by Crippen LogP contribution is -2.22. The van der Waals surface area contributed by atoms with E-state index in [0.29, 0.717) is 25.8 Å². The molecule has 0 aliphatic carbocycles. The average Bonchev–Trinajstić information content (AvgIpc) is 3.25. The van der Waals surface area contributed by atoms with E-state index in [0.717, 1.165) is 16.6 Å². The van der Waals surface area contributed by atoms with Gasteiger partial charge in [-0.1, -0.05) is 47.2 Å². The van der Waals surface area contributed by atoms with Gasteiger partial charge >= 0.3 is 0 Å². The molecule has 0 fully saturated rings. The molecule has 3 aromatic carbocycles. The number of ether oxygens (including phenoxy) is 1. The molecule has 0 atom stereocenters. The Bertz CT molecular complexity index is 1490. The third-order valence-corrected chi connectivity index (χ3v) is 5.92. The van der Waals surface area contributed by atoms with Gasteiger partial charge in [-0.3, -0.25) is 4.79 Å². The van der Waals surface area contributed by atoms with Crippen LogP contribution in [0.4, 0.5) is 4.39 Å². The van der Waals surface area contributed by atoms with Crippen LogP contribution in [0.5, 0.6) is 5.75 Å². The summed E-state index contributed by atoms with van der Waals surface area (Å²) in [5, 5.41) is 0.537. The summed E-state index contributed by atoms with van der Waals surface area (Å²) in [5.74, 6) is 0.288. The van der Waals surface area contributed by atoms with Crippen LogP contribution in [0.2, 0.25) is 5.02 Å². The van der Waals surface area contributed by atoms with Crippen molar-refractivity contribution in [2.24, 2.45) is 0 Å². The number of fused-ring (bicyclic) bond motifs is 3. The monoisotopic (exact) mass is 436 g/mol. The van der Waals surface area contributed by atoms with Crippen LogP contribution in [-0.4, -0.2) is 9.38 Å². The highest BCUT2D eigenvalue weighted by molar-refractivity contribution is 7.15. The summed E-state index contributed by atoms with van der Waals surface area (Å²) in [6, 6.07) is 18.9. The number of aromatic nitrogens is 2. The number of hydrogen-bond acceptors (Lipinski definition) is 4. The molecule has 7 heteroatoms. The number of hydrogen-bond donors (Lipinski definition) is 0. The van der Waals surface area contributed by atoms with Gasteiger partial charge in [0.05, 0.1) is 15.6 Å². The Balaban J connectivity index is 1.56. The van der Waals surface area contributed by atoms with E-state index in [9.17, 15) is 9.18 Å². The number of nitrogens with zero attached hydrogens (tertiary/aromatic N) is 2. The van der Waals surface area contributed by atoms with E-state index in [2.05, 4.69) is 4.98 Å². The van der Waals surface area contributed by atoms with Crippen molar-refractivity contribution in [2.75, 3.05) is 0 Å². The molecule has 0 spiro atoms. The summed E-state index contributed by atoms with van der Waals surface area (Å²) in [6.07, 6.45) is 1.77. The van der Waals surface area contributed by atoms with E-state index >= 15 is 0 Å². The molecule has 30 heavy (non-hydrogen) atoms. The summed E-state index contributed by atoms with van der Waals surface area (Å²) in [5.41, 5.74) is 2.97. The lowest BCUT2D eigenvalue weighted by atomic mass is 10.2. The van der Waals surface area contributed by atoms with Crippen molar-refractivity contribution in [1.82, 2.24) is 9.38 Å². The Hall–Kier alpha value is -3.22. The molecule has 0 aliphatic heterocycles. The first-order valence-corrected chi connectivity index (χ1v) is 10.4. The van der Waals surface area contributed by atoms with Crippen molar-refractivity contribution in [3.05, 3.63) is 104 Å². The summed E-state index contributed by atoms with van der Waals surface area (Å²) in [7, 11) is 0. The number of imidazole rings is 1. The van der Waals surface area contributed by atoms with Gasteiger partial charge in [0.15, 0.2) is 4.96 Å². The minimum absolute atomic E-state index is 0.131. The number of benzene rings is 3. The molecule has 148 valence electrons. The smallest absolute Gasteiger partial charge is 0.274 e. The van der Waals surface area contributed by atoms with Gasteiger partial charge < -0.3 is 4.74 Å². The van der Waals surface area contributed by atoms with Gasteiger partial charge in [-0.25, -0.2) is 13.8 Å². The predicted octanol–water partition coefficient (Wildman–Crippen LogP) is 4.83. The van der Waals surface area contributed by atoms with Crippen LogP contribution >= 0.6 is 22.9 Å². The number of halogens is 2. The molecule has 0 aliphatic rings. The van der Waals surface area contributed by atoms with Gasteiger partial charge in [-0.05, 0) is 54.1 Å². The summed E-state index contributed by atoms with van der Waals surface area (Å²) in [6.45, 7) is 0.269. The zero-order valence-corrected chi connectivity index (χ0v) is 17.1. The second-order valence-electron chi connectivity index (χ2n) is 6.73. The van der Waals surface area contributed by atoms with Gasteiger partial charge in [0.2, 0.25) is 0 Å². The fourth-order valence-electron chi connectivity index (χ4n) is 3.26. The van der Waals surface area contributed by atoms with Gasteiger partial charge in [0.25, 0.3) is 5.56 Å². The van der Waals surface area contributed by atoms with E-state index in [4.69, 9.17) is 16.3 Å². The van der Waals surface area contributed by atoms with Gasteiger partial charge in [-0.2, -0.15) is 0 Å². The van der Waals surface area contributed by atoms with Crippen LogP contribution in [0, 0.1) is 5.82 Å². The Morgan fingerprint density at radius 3 is 2.73 bits per heavy atom. The normalized spacial score (nSPS) is 12.1. The third kappa shape index (κ3) is 3.44. The van der Waals surface area contributed by atoms with Crippen LogP contribution in [0.3, 0.4) is 0 Å². The summed E-state index contributed by atoms with van der Waals surface area (Å²) in [4.78, 5) is 18.2. The molecule has 0 N–H and O–H groups in total. The maximum absolute atomic E-state index is 13.1. The Kier molecular flexibility index (Phi) is 4.73. The quantitative estimate of drug-likeness (QED) is 0.405. The second kappa shape index (κ2) is 7.55. The highest BCUT2D eigenvalue weighted by Crippen LogP contribution is 2.25. The van der Waals surface area contributed by atoms with Gasteiger partial charge in [-0.15, -0.1) is 0 Å². The summed E-state index contributed by atoms with van der Waals surface area (Å²) < 4.78 is 21.2. The van der Waals surface area contributed by atoms with Crippen LogP contribution in [0.15, 0.2) is 71.5 Å². The molecule has 0 bridgehead atoms. The molecule has 5 aromatic rings. The Morgan fingerprint density at radius 2 is 1.90 bits per heavy atom. The molecule has 2 heterocycles. The zero-order chi connectivity index (χ0) is 20.7. The molecule has 0 saturated carbocycles. The van der Waals surface area contributed by atoms with Crippen molar-refractivity contribution in [3.8, 4) is 5.75 Å². The first-order chi connectivity index (χ1) is 14.6. The highest BCUT2D eigenvalue weighted by atomic mass is 35.5. The highest BCUT2D eigenvalue weighted by Gasteiger charge is 2.11. The van der Waals surface area contributed by atoms with E-state index < -0.39 is 0 Å². The van der Waals surface area contributed by atoms with Crippen LogP contribution in [-0.2, 0) is 6.61 Å². The molecular weight excluding hydrogens is 423 g/mol. The minimum atomic E-state index is -0.294. The van der Waals surface area contributed by atoms with Crippen molar-refractivity contribution in [3.63, 3.8) is 0 Å². The molecule has 4 nitrogen and oxygen atoms in total. The first kappa shape index (κ1) is 18.8. The maximum Gasteiger partial charge on any atom is 0.274 e. The van der Waals surface area contributed by atoms with Crippen molar-refractivity contribution in [2.45, 2.75) is 6.61 Å². The average molecular weight is 437 g/mol. The zero-order valence-electron chi connectivity index (χ0n) is 15.5. The number of para-hydroxylation sites is 2. The van der Waals surface area contributed by atoms with Gasteiger partial charge in [0, 0.05) is 10.6 Å². The molecule has 2 aromatic heterocycles. The van der Waals surface area contributed by atoms with Crippen LogP contribution < -0.4 is 14.8 Å². The molecule has 0 saturated heterocycles. The molecule has 0 unspecified atom stereocenters. The van der Waals surface area contributed by atoms with Crippen molar-refractivity contribution in [1.29, 1.82) is 0 Å². The number of thiazole rings is 1. The standard InChI is InChI=1S/C23H14ClFN2O2S/c24-16-7-10-20(29-13-14-5-8-17(25)9-6-14)15(11-16)12-21-22(28)27-19-4-2-1-3-18(19)26-23(27)30-21/h1-12H,13H2. The molecule has 5 rings (SSSR count). The lowest BCUT2D eigenvalue weighted by molar-refractivity contribution is 0.305. The Labute approximate surface area is 179 Å². The maximum atomic E-state index is 13.1. The lowest BCUT2D eigenvalue weighted by Gasteiger charge is -2.09. The molecule has 0 amide bonds. The predicted molar refractivity (Wildman–Crippen MR) is 118 cm³/mol. The number of rotatable bonds is 4. The van der Waals surface area contributed by atoms with E-state index in [-0.39, 0.29) is 18.0 Å². The fraction of sp³-hybridized carbons (Fsp3) is 0.0435. The van der Waals surface area contributed by atoms with Crippen LogP contribution in [0.25, 0.3) is 22.1 Å². The third-order valence-electron chi connectivity index (χ3n) is 4.71. The van der Waals surface area contributed by atoms with Gasteiger partial charge in [0.1, 0.15) is 18.2 Å². The SMILES string of the molecule is O=c1c(=Cc2cc(Cl)ccc2OCc2ccc(F)cc2)sc2nc3ccccc3n12. The largest absolute Gasteiger partial charge is 0.488 e. The molecule has 0 radical (unpaired) electrons. The molecular formula is C23H14ClFN2O2S. The van der Waals surface area contributed by atoms with E-state index in [1.165, 1.54) is 23.5 Å². The van der Waals surface area contributed by atoms with Crippen LogP contribution in [0.1, 0.15) is 11.1 Å². The van der Waals surface area contributed by atoms with E-state index in [1.807, 2.05) is 24.3 Å². The second-order valence-corrected chi connectivity index (χ2v) is 8.18.